The summed E-state index contributed by atoms with van der Waals surface area (Å²) in [4.78, 5) is 12.1. The van der Waals surface area contributed by atoms with Gasteiger partial charge in [-0.05, 0) is 31.0 Å². The van der Waals surface area contributed by atoms with Crippen LogP contribution in [0, 0.1) is 18.8 Å². The fraction of sp³-hybridized carbons (Fsp3) is 0.400. The Labute approximate surface area is 122 Å². The molecule has 0 saturated carbocycles. The highest BCUT2D eigenvalue weighted by Gasteiger charge is 2.10. The van der Waals surface area contributed by atoms with Gasteiger partial charge in [-0.3, -0.25) is 9.00 Å². The maximum atomic E-state index is 12.1. The predicted molar refractivity (Wildman–Crippen MR) is 81.0 cm³/mol. The van der Waals surface area contributed by atoms with Crippen LogP contribution in [0.15, 0.2) is 18.2 Å². The number of aliphatic hydroxyl groups excluding tert-OH is 1. The fourth-order valence-corrected chi connectivity index (χ4v) is 2.28. The molecule has 2 N–H and O–H groups in total. The Morgan fingerprint density at radius 3 is 2.85 bits per heavy atom. The molecule has 1 amide bonds. The Kier molecular flexibility index (Phi) is 6.99. The fourth-order valence-electron chi connectivity index (χ4n) is 1.72. The van der Waals surface area contributed by atoms with Crippen LogP contribution in [0.25, 0.3) is 0 Å². The summed E-state index contributed by atoms with van der Waals surface area (Å²) < 4.78 is 10.9. The molecule has 0 aliphatic carbocycles. The molecule has 5 heteroatoms. The van der Waals surface area contributed by atoms with Crippen molar-refractivity contribution in [2.24, 2.45) is 0 Å². The first-order valence-electron chi connectivity index (χ1n) is 6.34. The average Bonchev–Trinajstić information content (AvgIpc) is 2.42. The molecule has 1 rings (SSSR count). The van der Waals surface area contributed by atoms with Gasteiger partial charge in [0.2, 0.25) is 0 Å². The second kappa shape index (κ2) is 8.51. The maximum absolute atomic E-state index is 12.1. The molecule has 0 saturated heterocycles. The molecule has 0 heterocycles. The van der Waals surface area contributed by atoms with E-state index in [1.165, 1.54) is 0 Å². The van der Waals surface area contributed by atoms with Crippen LogP contribution < -0.4 is 5.32 Å². The lowest BCUT2D eigenvalue weighted by Gasteiger charge is -2.08. The van der Waals surface area contributed by atoms with Crippen molar-refractivity contribution in [3.63, 3.8) is 0 Å². The normalized spacial score (nSPS) is 11.3. The van der Waals surface area contributed by atoms with Crippen molar-refractivity contribution in [2.45, 2.75) is 13.3 Å². The van der Waals surface area contributed by atoms with E-state index in [1.807, 2.05) is 13.0 Å². The van der Waals surface area contributed by atoms with Gasteiger partial charge >= 0.3 is 0 Å². The molecule has 1 aromatic rings. The molecule has 0 aromatic heterocycles. The topological polar surface area (TPSA) is 66.4 Å². The number of amides is 1. The third-order valence-electron chi connectivity index (χ3n) is 2.77. The summed E-state index contributed by atoms with van der Waals surface area (Å²) in [7, 11) is -0.830. The maximum Gasteiger partial charge on any atom is 0.251 e. The first-order chi connectivity index (χ1) is 9.56. The van der Waals surface area contributed by atoms with Gasteiger partial charge in [0.05, 0.1) is 0 Å². The van der Waals surface area contributed by atoms with Crippen molar-refractivity contribution in [2.75, 3.05) is 25.2 Å². The number of rotatable bonds is 5. The Hall–Kier alpha value is -1.64. The van der Waals surface area contributed by atoms with E-state index in [9.17, 15) is 9.00 Å². The third kappa shape index (κ3) is 5.16. The minimum Gasteiger partial charge on any atom is -0.384 e. The average molecular weight is 293 g/mol. The van der Waals surface area contributed by atoms with Crippen molar-refractivity contribution >= 4 is 16.7 Å². The highest BCUT2D eigenvalue weighted by molar-refractivity contribution is 7.84. The molecule has 0 aliphatic rings. The van der Waals surface area contributed by atoms with Gasteiger partial charge in [0, 0.05) is 40.5 Å². The number of hydrogen-bond donors (Lipinski definition) is 2. The molecule has 0 fully saturated rings. The molecule has 108 valence electrons. The second-order valence-corrected chi connectivity index (χ2v) is 5.88. The van der Waals surface area contributed by atoms with E-state index in [-0.39, 0.29) is 12.5 Å². The Morgan fingerprint density at radius 2 is 2.20 bits per heavy atom. The zero-order valence-corrected chi connectivity index (χ0v) is 12.5. The van der Waals surface area contributed by atoms with Crippen LogP contribution in [0.2, 0.25) is 0 Å². The van der Waals surface area contributed by atoms with E-state index in [1.54, 1.807) is 18.4 Å². The van der Waals surface area contributed by atoms with Gasteiger partial charge in [-0.15, -0.1) is 0 Å². The number of benzene rings is 1. The summed E-state index contributed by atoms with van der Waals surface area (Å²) in [6, 6.07) is 5.33. The Morgan fingerprint density at radius 1 is 1.45 bits per heavy atom. The monoisotopic (exact) mass is 293 g/mol. The minimum atomic E-state index is -0.830. The molecule has 0 aliphatic heterocycles. The van der Waals surface area contributed by atoms with Crippen molar-refractivity contribution < 1.29 is 14.1 Å². The lowest BCUT2D eigenvalue weighted by Crippen LogP contribution is -2.26. The van der Waals surface area contributed by atoms with Crippen molar-refractivity contribution in [3.05, 3.63) is 34.9 Å². The first-order valence-corrected chi connectivity index (χ1v) is 8.06. The van der Waals surface area contributed by atoms with Crippen molar-refractivity contribution in [1.82, 2.24) is 5.32 Å². The number of carbonyl (C=O) groups is 1. The smallest absolute Gasteiger partial charge is 0.251 e. The van der Waals surface area contributed by atoms with E-state index in [0.717, 1.165) is 11.1 Å². The largest absolute Gasteiger partial charge is 0.384 e. The number of hydrogen-bond acceptors (Lipinski definition) is 3. The molecule has 0 bridgehead atoms. The molecular weight excluding hydrogens is 274 g/mol. The van der Waals surface area contributed by atoms with Crippen LogP contribution in [-0.4, -0.2) is 40.4 Å². The zero-order valence-electron chi connectivity index (χ0n) is 11.7. The van der Waals surface area contributed by atoms with E-state index in [0.29, 0.717) is 24.3 Å². The van der Waals surface area contributed by atoms with Crippen LogP contribution in [0.4, 0.5) is 0 Å². The second-order valence-electron chi connectivity index (χ2n) is 4.32. The lowest BCUT2D eigenvalue weighted by molar-refractivity contribution is 0.0953. The van der Waals surface area contributed by atoms with Gasteiger partial charge in [0.1, 0.15) is 6.61 Å². The Balaban J connectivity index is 2.71. The number of nitrogens with one attached hydrogen (secondary N) is 1. The highest BCUT2D eigenvalue weighted by atomic mass is 32.2. The van der Waals surface area contributed by atoms with Crippen molar-refractivity contribution in [3.8, 4) is 11.8 Å². The van der Waals surface area contributed by atoms with Crippen LogP contribution >= 0.6 is 0 Å². The predicted octanol–water partition coefficient (Wildman–Crippen LogP) is 0.837. The van der Waals surface area contributed by atoms with Gasteiger partial charge in [-0.25, -0.2) is 0 Å². The van der Waals surface area contributed by atoms with E-state index >= 15 is 0 Å². The van der Waals surface area contributed by atoms with Gasteiger partial charge in [-0.2, -0.15) is 0 Å². The molecule has 1 aromatic carbocycles. The first kappa shape index (κ1) is 16.4. The summed E-state index contributed by atoms with van der Waals surface area (Å²) in [5.41, 5.74) is 2.11. The molecule has 4 nitrogen and oxygen atoms in total. The van der Waals surface area contributed by atoms with Crippen LogP contribution in [0.3, 0.4) is 0 Å². The van der Waals surface area contributed by atoms with Crippen molar-refractivity contribution in [1.29, 1.82) is 0 Å². The summed E-state index contributed by atoms with van der Waals surface area (Å²) in [5.74, 6) is 5.83. The summed E-state index contributed by atoms with van der Waals surface area (Å²) in [6.45, 7) is 2.13. The van der Waals surface area contributed by atoms with Gasteiger partial charge in [-0.1, -0.05) is 17.9 Å². The number of aliphatic hydroxyl groups is 1. The quantitative estimate of drug-likeness (QED) is 0.624. The summed E-state index contributed by atoms with van der Waals surface area (Å²) in [6.07, 6.45) is 2.34. The van der Waals surface area contributed by atoms with E-state index < -0.39 is 10.8 Å². The van der Waals surface area contributed by atoms with Crippen LogP contribution in [-0.2, 0) is 10.8 Å². The molecule has 0 radical (unpaired) electrons. The lowest BCUT2D eigenvalue weighted by atomic mass is 10.0. The molecule has 1 atom stereocenters. The molecule has 20 heavy (non-hydrogen) atoms. The Bertz CT molecular complexity index is 558. The standard InChI is InChI=1S/C15H19NO3S/c1-12-13(7-4-10-17)6-3-8-14(12)15(18)16-9-5-11-20(2)19/h3,6,8,17H,5,9-11H2,1-2H3,(H,16,18). The summed E-state index contributed by atoms with van der Waals surface area (Å²) >= 11 is 0. The van der Waals surface area contributed by atoms with E-state index in [2.05, 4.69) is 17.2 Å². The van der Waals surface area contributed by atoms with Crippen LogP contribution in [0.1, 0.15) is 27.9 Å². The van der Waals surface area contributed by atoms with Gasteiger partial charge in [0.15, 0.2) is 0 Å². The SMILES string of the molecule is Cc1c(C#CCO)cccc1C(=O)NCCCS(C)=O. The number of carbonyl (C=O) groups excluding carboxylic acids is 1. The molecular formula is C15H19NO3S. The highest BCUT2D eigenvalue weighted by Crippen LogP contribution is 2.12. The van der Waals surface area contributed by atoms with Crippen LogP contribution in [0.5, 0.6) is 0 Å². The molecule has 0 spiro atoms. The molecule has 1 unspecified atom stereocenters. The van der Waals surface area contributed by atoms with E-state index in [4.69, 9.17) is 5.11 Å². The van der Waals surface area contributed by atoms with Gasteiger partial charge < -0.3 is 10.4 Å². The van der Waals surface area contributed by atoms with Gasteiger partial charge in [0.25, 0.3) is 5.91 Å². The zero-order chi connectivity index (χ0) is 15.0. The third-order valence-corrected chi connectivity index (χ3v) is 3.64. The minimum absolute atomic E-state index is 0.156. The summed E-state index contributed by atoms with van der Waals surface area (Å²) in [5, 5.41) is 11.5.